The molecule has 5 N–H and O–H groups in total. The van der Waals surface area contributed by atoms with Crippen molar-refractivity contribution in [3.63, 3.8) is 0 Å². The predicted molar refractivity (Wildman–Crippen MR) is 72.0 cm³/mol. The molecule has 0 fully saturated rings. The van der Waals surface area contributed by atoms with Gasteiger partial charge in [0.05, 0.1) is 0 Å². The van der Waals surface area contributed by atoms with Gasteiger partial charge in [0.25, 0.3) is 0 Å². The van der Waals surface area contributed by atoms with Gasteiger partial charge in [-0.15, -0.1) is 11.3 Å². The van der Waals surface area contributed by atoms with E-state index in [9.17, 15) is 0 Å². The summed E-state index contributed by atoms with van der Waals surface area (Å²) in [6, 6.07) is 2.23. The predicted octanol–water partition coefficient (Wildman–Crippen LogP) is 1.21. The highest BCUT2D eigenvalue weighted by Gasteiger charge is 2.23. The molecule has 1 unspecified atom stereocenters. The van der Waals surface area contributed by atoms with Gasteiger partial charge in [-0.1, -0.05) is 13.8 Å². The molecule has 0 bridgehead atoms. The Bertz CT molecular complexity index is 320. The van der Waals surface area contributed by atoms with Crippen LogP contribution >= 0.6 is 11.3 Å². The van der Waals surface area contributed by atoms with Crippen molar-refractivity contribution >= 4 is 11.3 Å². The highest BCUT2D eigenvalue weighted by molar-refractivity contribution is 7.10. The van der Waals surface area contributed by atoms with Gasteiger partial charge in [-0.05, 0) is 23.9 Å². The highest BCUT2D eigenvalue weighted by atomic mass is 32.1. The van der Waals surface area contributed by atoms with Crippen molar-refractivity contribution in [1.29, 1.82) is 0 Å². The second kappa shape index (κ2) is 5.77. The minimum atomic E-state index is 0.0558. The Labute approximate surface area is 102 Å². The Morgan fingerprint density at radius 2 is 2.19 bits per heavy atom. The molecule has 0 saturated heterocycles. The summed E-state index contributed by atoms with van der Waals surface area (Å²) < 4.78 is 0. The number of aryl methyl sites for hydroxylation is 1. The van der Waals surface area contributed by atoms with Crippen LogP contribution in [0.25, 0.3) is 0 Å². The van der Waals surface area contributed by atoms with Gasteiger partial charge in [0.2, 0.25) is 0 Å². The average molecular weight is 241 g/mol. The van der Waals surface area contributed by atoms with Crippen molar-refractivity contribution in [2.24, 2.45) is 11.5 Å². The lowest BCUT2D eigenvalue weighted by molar-refractivity contribution is 0.459. The molecule has 0 aliphatic rings. The second-order valence-corrected chi connectivity index (χ2v) is 5.86. The molecule has 0 saturated carbocycles. The van der Waals surface area contributed by atoms with E-state index in [1.165, 1.54) is 10.4 Å². The van der Waals surface area contributed by atoms with E-state index < -0.39 is 0 Å². The zero-order chi connectivity index (χ0) is 12.2. The molecule has 0 spiro atoms. The van der Waals surface area contributed by atoms with Crippen molar-refractivity contribution in [2.45, 2.75) is 32.2 Å². The molecule has 0 aromatic carbocycles. The minimum Gasteiger partial charge on any atom is -0.329 e. The molecule has 1 aromatic heterocycles. The highest BCUT2D eigenvalue weighted by Crippen LogP contribution is 2.30. The van der Waals surface area contributed by atoms with Gasteiger partial charge in [0.15, 0.2) is 0 Å². The quantitative estimate of drug-likeness (QED) is 0.701. The number of hydrogen-bond acceptors (Lipinski definition) is 4. The molecule has 4 heteroatoms. The van der Waals surface area contributed by atoms with Gasteiger partial charge >= 0.3 is 0 Å². The van der Waals surface area contributed by atoms with Gasteiger partial charge in [-0.2, -0.15) is 0 Å². The Hall–Kier alpha value is -0.420. The molecule has 0 amide bonds. The summed E-state index contributed by atoms with van der Waals surface area (Å²) in [5.74, 6) is 0. The van der Waals surface area contributed by atoms with Crippen LogP contribution in [0.4, 0.5) is 0 Å². The van der Waals surface area contributed by atoms with Crippen molar-refractivity contribution < 1.29 is 0 Å². The van der Waals surface area contributed by atoms with Gasteiger partial charge < -0.3 is 16.8 Å². The third-order valence-corrected chi connectivity index (χ3v) is 4.14. The number of nitrogens with one attached hydrogen (secondary N) is 1. The number of thiophene rings is 1. The fourth-order valence-corrected chi connectivity index (χ4v) is 2.85. The van der Waals surface area contributed by atoms with Crippen LogP contribution in [0.1, 0.15) is 24.3 Å². The number of nitrogens with two attached hydrogens (primary N) is 2. The lowest BCUT2D eigenvalue weighted by Gasteiger charge is -2.25. The molecule has 3 nitrogen and oxygen atoms in total. The fourth-order valence-electron chi connectivity index (χ4n) is 1.80. The molecule has 1 atom stereocenters. The van der Waals surface area contributed by atoms with Crippen LogP contribution in [-0.4, -0.2) is 25.7 Å². The van der Waals surface area contributed by atoms with E-state index in [0.717, 1.165) is 13.1 Å². The summed E-state index contributed by atoms with van der Waals surface area (Å²) in [5.41, 5.74) is 12.8. The first kappa shape index (κ1) is 13.6. The summed E-state index contributed by atoms with van der Waals surface area (Å²) in [6.07, 6.45) is 0. The molecular formula is C12H23N3S. The van der Waals surface area contributed by atoms with Crippen molar-refractivity contribution in [1.82, 2.24) is 5.32 Å². The van der Waals surface area contributed by atoms with E-state index in [2.05, 4.69) is 37.5 Å². The van der Waals surface area contributed by atoms with E-state index in [0.29, 0.717) is 6.54 Å². The number of hydrogen-bond donors (Lipinski definition) is 3. The van der Waals surface area contributed by atoms with Crippen LogP contribution in [0.5, 0.6) is 0 Å². The molecule has 1 heterocycles. The van der Waals surface area contributed by atoms with E-state index >= 15 is 0 Å². The maximum Gasteiger partial charge on any atom is 0.0290 e. The lowest BCUT2D eigenvalue weighted by atomic mass is 9.89. The van der Waals surface area contributed by atoms with Crippen molar-refractivity contribution in [2.75, 3.05) is 19.6 Å². The SMILES string of the molecule is Cc1ccsc1C(C)(C)CNCC(N)CN. The summed E-state index contributed by atoms with van der Waals surface area (Å²) >= 11 is 1.83. The molecule has 1 aromatic rings. The summed E-state index contributed by atoms with van der Waals surface area (Å²) in [6.45, 7) is 8.93. The van der Waals surface area contributed by atoms with Gasteiger partial charge in [0, 0.05) is 36.0 Å². The zero-order valence-electron chi connectivity index (χ0n) is 10.4. The molecule has 92 valence electrons. The van der Waals surface area contributed by atoms with Crippen LogP contribution in [0, 0.1) is 6.92 Å². The van der Waals surface area contributed by atoms with Crippen LogP contribution < -0.4 is 16.8 Å². The Kier molecular flexibility index (Phi) is 4.92. The van der Waals surface area contributed by atoms with Gasteiger partial charge in [-0.25, -0.2) is 0 Å². The standard InChI is InChI=1S/C12H23N3S/c1-9-4-5-16-11(9)12(2,3)8-15-7-10(14)6-13/h4-5,10,15H,6-8,13-14H2,1-3H3. The van der Waals surface area contributed by atoms with E-state index in [4.69, 9.17) is 11.5 Å². The van der Waals surface area contributed by atoms with E-state index in [1.54, 1.807) is 0 Å². The summed E-state index contributed by atoms with van der Waals surface area (Å²) in [5, 5.41) is 5.54. The first-order chi connectivity index (χ1) is 7.47. The van der Waals surface area contributed by atoms with Crippen LogP contribution in [-0.2, 0) is 5.41 Å². The lowest BCUT2D eigenvalue weighted by Crippen LogP contribution is -2.43. The Morgan fingerprint density at radius 3 is 2.69 bits per heavy atom. The smallest absolute Gasteiger partial charge is 0.0290 e. The third kappa shape index (κ3) is 3.56. The molecule has 0 aliphatic carbocycles. The average Bonchev–Trinajstić information content (AvgIpc) is 2.64. The monoisotopic (exact) mass is 241 g/mol. The maximum absolute atomic E-state index is 5.77. The van der Waals surface area contributed by atoms with Gasteiger partial charge in [-0.3, -0.25) is 0 Å². The summed E-state index contributed by atoms with van der Waals surface area (Å²) in [4.78, 5) is 1.45. The Balaban J connectivity index is 2.49. The normalized spacial score (nSPS) is 14.1. The first-order valence-electron chi connectivity index (χ1n) is 5.68. The van der Waals surface area contributed by atoms with E-state index in [1.807, 2.05) is 11.3 Å². The molecular weight excluding hydrogens is 218 g/mol. The van der Waals surface area contributed by atoms with Crippen LogP contribution in [0.15, 0.2) is 11.4 Å². The third-order valence-electron chi connectivity index (χ3n) is 2.75. The molecule has 0 aliphatic heterocycles. The van der Waals surface area contributed by atoms with Crippen LogP contribution in [0.2, 0.25) is 0 Å². The summed E-state index contributed by atoms with van der Waals surface area (Å²) in [7, 11) is 0. The molecule has 16 heavy (non-hydrogen) atoms. The number of rotatable bonds is 6. The van der Waals surface area contributed by atoms with Crippen molar-refractivity contribution in [3.8, 4) is 0 Å². The Morgan fingerprint density at radius 1 is 1.50 bits per heavy atom. The molecule has 1 rings (SSSR count). The van der Waals surface area contributed by atoms with Crippen molar-refractivity contribution in [3.05, 3.63) is 21.9 Å². The first-order valence-corrected chi connectivity index (χ1v) is 6.56. The van der Waals surface area contributed by atoms with Crippen LogP contribution in [0.3, 0.4) is 0 Å². The maximum atomic E-state index is 5.77. The fraction of sp³-hybridized carbons (Fsp3) is 0.667. The van der Waals surface area contributed by atoms with E-state index in [-0.39, 0.29) is 11.5 Å². The largest absolute Gasteiger partial charge is 0.329 e. The topological polar surface area (TPSA) is 64.1 Å². The second-order valence-electron chi connectivity index (χ2n) is 4.94. The minimum absolute atomic E-state index is 0.0558. The zero-order valence-corrected chi connectivity index (χ0v) is 11.2. The molecule has 0 radical (unpaired) electrons. The van der Waals surface area contributed by atoms with Gasteiger partial charge in [0.1, 0.15) is 0 Å².